The molecular formula is C18H17IN4O2. The molecule has 25 heavy (non-hydrogen) atoms. The number of aromatic nitrogens is 3. The minimum absolute atomic E-state index is 0.367. The van der Waals surface area contributed by atoms with Gasteiger partial charge < -0.3 is 15.0 Å². The standard InChI is InChI=1S/C18H17IN4O2/c1-2-8-23-10-13(19)15-16(20-11-21-17(15)23)22-14(18(24)25)9-12-6-4-3-5-7-12/h2-7,10-11,14H,1,8-9H2,(H,24,25)(H,20,21,22)/t14-/m1/s1. The number of nitrogens with zero attached hydrogens (tertiary/aromatic N) is 3. The minimum Gasteiger partial charge on any atom is -0.480 e. The normalized spacial score (nSPS) is 12.0. The molecule has 7 heteroatoms. The number of fused-ring (bicyclic) bond motifs is 1. The summed E-state index contributed by atoms with van der Waals surface area (Å²) in [4.78, 5) is 20.3. The zero-order chi connectivity index (χ0) is 17.8. The van der Waals surface area contributed by atoms with Crippen LogP contribution in [0.25, 0.3) is 11.0 Å². The molecule has 3 rings (SSSR count). The molecule has 0 radical (unpaired) electrons. The van der Waals surface area contributed by atoms with Gasteiger partial charge >= 0.3 is 5.97 Å². The predicted octanol–water partition coefficient (Wildman–Crippen LogP) is 3.33. The molecule has 1 atom stereocenters. The number of hydrogen-bond acceptors (Lipinski definition) is 4. The molecule has 0 unspecified atom stereocenters. The van der Waals surface area contributed by atoms with Crippen LogP contribution in [0.5, 0.6) is 0 Å². The Morgan fingerprint density at radius 2 is 2.12 bits per heavy atom. The number of carboxylic acids is 1. The van der Waals surface area contributed by atoms with E-state index in [1.165, 1.54) is 6.33 Å². The quantitative estimate of drug-likeness (QED) is 0.428. The van der Waals surface area contributed by atoms with Crippen LogP contribution >= 0.6 is 22.6 Å². The first-order valence-corrected chi connectivity index (χ1v) is 8.81. The maximum absolute atomic E-state index is 11.7. The second kappa shape index (κ2) is 7.64. The second-order valence-corrected chi connectivity index (χ2v) is 6.73. The number of halogens is 1. The van der Waals surface area contributed by atoms with Gasteiger partial charge in [0, 0.05) is 22.7 Å². The molecule has 0 aliphatic heterocycles. The Hall–Kier alpha value is -2.42. The molecule has 3 aromatic rings. The van der Waals surface area contributed by atoms with Gasteiger partial charge in [-0.25, -0.2) is 14.8 Å². The van der Waals surface area contributed by atoms with Gasteiger partial charge in [-0.05, 0) is 28.2 Å². The Morgan fingerprint density at radius 1 is 1.36 bits per heavy atom. The molecule has 0 fully saturated rings. The molecule has 1 aromatic carbocycles. The van der Waals surface area contributed by atoms with Gasteiger partial charge in [0.2, 0.25) is 0 Å². The van der Waals surface area contributed by atoms with Crippen molar-refractivity contribution in [1.29, 1.82) is 0 Å². The fourth-order valence-corrected chi connectivity index (χ4v) is 3.51. The van der Waals surface area contributed by atoms with Crippen LogP contribution in [0.3, 0.4) is 0 Å². The highest BCUT2D eigenvalue weighted by molar-refractivity contribution is 14.1. The van der Waals surface area contributed by atoms with Crippen molar-refractivity contribution in [2.75, 3.05) is 5.32 Å². The van der Waals surface area contributed by atoms with Crippen LogP contribution in [-0.4, -0.2) is 31.7 Å². The van der Waals surface area contributed by atoms with Crippen molar-refractivity contribution < 1.29 is 9.90 Å². The van der Waals surface area contributed by atoms with Gasteiger partial charge in [0.05, 0.1) is 5.39 Å². The summed E-state index contributed by atoms with van der Waals surface area (Å²) in [5.74, 6) is -0.392. The molecule has 0 bridgehead atoms. The summed E-state index contributed by atoms with van der Waals surface area (Å²) in [5.41, 5.74) is 1.71. The first-order valence-electron chi connectivity index (χ1n) is 7.73. The summed E-state index contributed by atoms with van der Waals surface area (Å²) in [6.45, 7) is 4.38. The van der Waals surface area contributed by atoms with Crippen LogP contribution in [-0.2, 0) is 17.8 Å². The SMILES string of the molecule is C=CCn1cc(I)c2c(N[C@H](Cc3ccccc3)C(=O)O)ncnc21. The van der Waals surface area contributed by atoms with Crippen molar-refractivity contribution in [1.82, 2.24) is 14.5 Å². The fourth-order valence-electron chi connectivity index (χ4n) is 2.68. The number of nitrogens with one attached hydrogen (secondary N) is 1. The van der Waals surface area contributed by atoms with Crippen LogP contribution in [0.1, 0.15) is 5.56 Å². The van der Waals surface area contributed by atoms with Crippen LogP contribution in [0.2, 0.25) is 0 Å². The maximum atomic E-state index is 11.7. The zero-order valence-electron chi connectivity index (χ0n) is 13.4. The third-order valence-electron chi connectivity index (χ3n) is 3.82. The predicted molar refractivity (Wildman–Crippen MR) is 106 cm³/mol. The molecule has 0 saturated carbocycles. The maximum Gasteiger partial charge on any atom is 0.326 e. The lowest BCUT2D eigenvalue weighted by molar-refractivity contribution is -0.137. The van der Waals surface area contributed by atoms with Crippen molar-refractivity contribution in [3.05, 3.63) is 64.6 Å². The summed E-state index contributed by atoms with van der Waals surface area (Å²) < 4.78 is 2.92. The highest BCUT2D eigenvalue weighted by Crippen LogP contribution is 2.27. The Kier molecular flexibility index (Phi) is 5.32. The van der Waals surface area contributed by atoms with E-state index in [4.69, 9.17) is 0 Å². The van der Waals surface area contributed by atoms with E-state index in [2.05, 4.69) is 44.5 Å². The summed E-state index contributed by atoms with van der Waals surface area (Å²) >= 11 is 2.21. The number of hydrogen-bond donors (Lipinski definition) is 2. The molecule has 6 nitrogen and oxygen atoms in total. The summed E-state index contributed by atoms with van der Waals surface area (Å²) in [6.07, 6.45) is 5.56. The molecular weight excluding hydrogens is 431 g/mol. The van der Waals surface area contributed by atoms with Gasteiger partial charge in [0.25, 0.3) is 0 Å². The average Bonchev–Trinajstić information content (AvgIpc) is 2.92. The van der Waals surface area contributed by atoms with E-state index >= 15 is 0 Å². The number of allylic oxidation sites excluding steroid dienone is 1. The van der Waals surface area contributed by atoms with Crippen LogP contribution in [0.15, 0.2) is 55.5 Å². The molecule has 0 amide bonds. The third kappa shape index (κ3) is 3.81. The van der Waals surface area contributed by atoms with Crippen molar-refractivity contribution in [3.8, 4) is 0 Å². The van der Waals surface area contributed by atoms with E-state index in [1.807, 2.05) is 41.1 Å². The molecule has 0 spiro atoms. The van der Waals surface area contributed by atoms with E-state index < -0.39 is 12.0 Å². The number of anilines is 1. The van der Waals surface area contributed by atoms with Crippen molar-refractivity contribution in [3.63, 3.8) is 0 Å². The summed E-state index contributed by atoms with van der Waals surface area (Å²) in [7, 11) is 0. The smallest absolute Gasteiger partial charge is 0.326 e. The Labute approximate surface area is 158 Å². The van der Waals surface area contributed by atoms with Crippen LogP contribution in [0, 0.1) is 3.57 Å². The average molecular weight is 448 g/mol. The lowest BCUT2D eigenvalue weighted by Crippen LogP contribution is -2.32. The van der Waals surface area contributed by atoms with Crippen LogP contribution < -0.4 is 5.32 Å². The number of rotatable bonds is 7. The molecule has 2 N–H and O–H groups in total. The Morgan fingerprint density at radius 3 is 2.80 bits per heavy atom. The highest BCUT2D eigenvalue weighted by Gasteiger charge is 2.21. The van der Waals surface area contributed by atoms with Gasteiger partial charge in [0.15, 0.2) is 0 Å². The van der Waals surface area contributed by atoms with Gasteiger partial charge in [-0.1, -0.05) is 36.4 Å². The van der Waals surface area contributed by atoms with E-state index in [0.717, 1.165) is 20.2 Å². The van der Waals surface area contributed by atoms with Gasteiger partial charge in [-0.3, -0.25) is 0 Å². The van der Waals surface area contributed by atoms with E-state index in [1.54, 1.807) is 6.08 Å². The van der Waals surface area contributed by atoms with Crippen molar-refractivity contribution >= 4 is 45.4 Å². The fraction of sp³-hybridized carbons (Fsp3) is 0.167. The van der Waals surface area contributed by atoms with Crippen molar-refractivity contribution in [2.45, 2.75) is 19.0 Å². The molecule has 2 heterocycles. The number of carbonyl (C=O) groups is 1. The molecule has 0 aliphatic rings. The monoisotopic (exact) mass is 448 g/mol. The van der Waals surface area contributed by atoms with E-state index in [0.29, 0.717) is 18.8 Å². The first kappa shape index (κ1) is 17.4. The molecule has 128 valence electrons. The van der Waals surface area contributed by atoms with Crippen molar-refractivity contribution in [2.24, 2.45) is 0 Å². The highest BCUT2D eigenvalue weighted by atomic mass is 127. The van der Waals surface area contributed by atoms with Gasteiger partial charge in [0.1, 0.15) is 23.8 Å². The number of carboxylic acid groups (broad SMARTS) is 1. The Balaban J connectivity index is 1.95. The van der Waals surface area contributed by atoms with Crippen LogP contribution in [0.4, 0.5) is 5.82 Å². The largest absolute Gasteiger partial charge is 0.480 e. The number of benzene rings is 1. The second-order valence-electron chi connectivity index (χ2n) is 5.56. The zero-order valence-corrected chi connectivity index (χ0v) is 15.6. The summed E-state index contributed by atoms with van der Waals surface area (Å²) in [5, 5.41) is 13.5. The third-order valence-corrected chi connectivity index (χ3v) is 4.64. The first-order chi connectivity index (χ1) is 12.1. The topological polar surface area (TPSA) is 80.0 Å². The number of aliphatic carboxylic acids is 1. The van der Waals surface area contributed by atoms with Gasteiger partial charge in [-0.2, -0.15) is 0 Å². The lowest BCUT2D eigenvalue weighted by atomic mass is 10.1. The summed E-state index contributed by atoms with van der Waals surface area (Å²) in [6, 6.07) is 8.75. The molecule has 0 saturated heterocycles. The Bertz CT molecular complexity index is 908. The minimum atomic E-state index is -0.920. The van der Waals surface area contributed by atoms with E-state index in [-0.39, 0.29) is 0 Å². The molecule has 2 aromatic heterocycles. The lowest BCUT2D eigenvalue weighted by Gasteiger charge is -2.16. The molecule has 0 aliphatic carbocycles. The van der Waals surface area contributed by atoms with E-state index in [9.17, 15) is 9.90 Å². The van der Waals surface area contributed by atoms with Gasteiger partial charge in [-0.15, -0.1) is 6.58 Å².